The standard InChI is InChI=1S/C15H20N2O3S/c1-9(15-10(2)21-11(3)16-15)17(4)7-12-6-13(18)14(19-5)8-20-12/h6,8-9H,7H2,1-5H3/t9-/m0/s1. The van der Waals surface area contributed by atoms with Crippen molar-refractivity contribution in [2.24, 2.45) is 0 Å². The van der Waals surface area contributed by atoms with E-state index in [1.165, 1.54) is 24.3 Å². The second-order valence-corrected chi connectivity index (χ2v) is 6.45. The molecule has 0 unspecified atom stereocenters. The minimum atomic E-state index is -0.166. The Morgan fingerprint density at radius 3 is 2.71 bits per heavy atom. The van der Waals surface area contributed by atoms with Gasteiger partial charge in [-0.2, -0.15) is 0 Å². The second kappa shape index (κ2) is 6.41. The molecule has 2 heterocycles. The van der Waals surface area contributed by atoms with Gasteiger partial charge in [-0.3, -0.25) is 9.69 Å². The highest BCUT2D eigenvalue weighted by Crippen LogP contribution is 2.26. The lowest BCUT2D eigenvalue weighted by Gasteiger charge is -2.23. The lowest BCUT2D eigenvalue weighted by Crippen LogP contribution is -2.23. The van der Waals surface area contributed by atoms with Gasteiger partial charge in [-0.05, 0) is 27.8 Å². The number of nitrogens with zero attached hydrogens (tertiary/aromatic N) is 2. The number of hydrogen-bond donors (Lipinski definition) is 0. The summed E-state index contributed by atoms with van der Waals surface area (Å²) < 4.78 is 10.3. The summed E-state index contributed by atoms with van der Waals surface area (Å²) in [5, 5.41) is 1.07. The third kappa shape index (κ3) is 3.51. The fourth-order valence-electron chi connectivity index (χ4n) is 2.19. The molecular weight excluding hydrogens is 288 g/mol. The van der Waals surface area contributed by atoms with Crippen molar-refractivity contribution in [1.29, 1.82) is 0 Å². The summed E-state index contributed by atoms with van der Waals surface area (Å²) in [6.07, 6.45) is 1.36. The molecule has 0 aliphatic rings. The van der Waals surface area contributed by atoms with E-state index >= 15 is 0 Å². The molecule has 114 valence electrons. The van der Waals surface area contributed by atoms with Crippen LogP contribution in [-0.4, -0.2) is 24.0 Å². The molecule has 1 atom stereocenters. The van der Waals surface area contributed by atoms with Crippen LogP contribution < -0.4 is 10.2 Å². The van der Waals surface area contributed by atoms with Crippen LogP contribution in [0.15, 0.2) is 21.5 Å². The maximum absolute atomic E-state index is 11.7. The average Bonchev–Trinajstić information content (AvgIpc) is 2.77. The highest BCUT2D eigenvalue weighted by atomic mass is 32.1. The van der Waals surface area contributed by atoms with E-state index in [1.807, 2.05) is 14.0 Å². The first-order chi connectivity index (χ1) is 9.92. The molecule has 0 spiro atoms. The quantitative estimate of drug-likeness (QED) is 0.850. The van der Waals surface area contributed by atoms with Gasteiger partial charge in [-0.25, -0.2) is 4.98 Å². The zero-order valence-electron chi connectivity index (χ0n) is 13.0. The van der Waals surface area contributed by atoms with Crippen molar-refractivity contribution >= 4 is 11.3 Å². The highest BCUT2D eigenvalue weighted by Gasteiger charge is 2.18. The van der Waals surface area contributed by atoms with Gasteiger partial charge < -0.3 is 9.15 Å². The summed E-state index contributed by atoms with van der Waals surface area (Å²) in [6, 6.07) is 1.63. The van der Waals surface area contributed by atoms with Gasteiger partial charge in [0.2, 0.25) is 11.2 Å². The summed E-state index contributed by atoms with van der Waals surface area (Å²) in [4.78, 5) is 19.6. The van der Waals surface area contributed by atoms with E-state index in [-0.39, 0.29) is 17.2 Å². The predicted octanol–water partition coefficient (Wildman–Crippen LogP) is 2.91. The van der Waals surface area contributed by atoms with Crippen LogP contribution >= 0.6 is 11.3 Å². The highest BCUT2D eigenvalue weighted by molar-refractivity contribution is 7.11. The Hall–Kier alpha value is -1.66. The molecule has 2 aromatic rings. The van der Waals surface area contributed by atoms with E-state index < -0.39 is 0 Å². The van der Waals surface area contributed by atoms with E-state index in [2.05, 4.69) is 23.7 Å². The van der Waals surface area contributed by atoms with Crippen LogP contribution in [0.2, 0.25) is 0 Å². The number of hydrogen-bond acceptors (Lipinski definition) is 6. The molecule has 0 saturated carbocycles. The Balaban J connectivity index is 2.14. The Kier molecular flexibility index (Phi) is 4.80. The van der Waals surface area contributed by atoms with Gasteiger partial charge in [0.15, 0.2) is 0 Å². The summed E-state index contributed by atoms with van der Waals surface area (Å²) in [5.41, 5.74) is 0.913. The average molecular weight is 308 g/mol. The van der Waals surface area contributed by atoms with Gasteiger partial charge in [0.25, 0.3) is 0 Å². The molecule has 6 heteroatoms. The number of ether oxygens (including phenoxy) is 1. The largest absolute Gasteiger partial charge is 0.490 e. The maximum Gasteiger partial charge on any atom is 0.227 e. The fourth-order valence-corrected chi connectivity index (χ4v) is 3.10. The zero-order valence-corrected chi connectivity index (χ0v) is 13.8. The van der Waals surface area contributed by atoms with Crippen LogP contribution in [0.4, 0.5) is 0 Å². The van der Waals surface area contributed by atoms with Crippen molar-refractivity contribution in [2.75, 3.05) is 14.2 Å². The Labute approximate surface area is 128 Å². The molecule has 0 amide bonds. The van der Waals surface area contributed by atoms with Gasteiger partial charge in [-0.15, -0.1) is 11.3 Å². The van der Waals surface area contributed by atoms with E-state index in [0.717, 1.165) is 10.7 Å². The molecule has 0 fully saturated rings. The third-order valence-corrected chi connectivity index (χ3v) is 4.38. The molecular formula is C15H20N2O3S. The van der Waals surface area contributed by atoms with Crippen molar-refractivity contribution < 1.29 is 9.15 Å². The molecule has 0 aliphatic heterocycles. The van der Waals surface area contributed by atoms with Crippen molar-refractivity contribution in [3.05, 3.63) is 43.9 Å². The third-order valence-electron chi connectivity index (χ3n) is 3.47. The number of aromatic nitrogens is 1. The van der Waals surface area contributed by atoms with Crippen molar-refractivity contribution in [3.8, 4) is 5.75 Å². The first kappa shape index (κ1) is 15.7. The molecule has 0 bridgehead atoms. The number of methoxy groups -OCH3 is 1. The van der Waals surface area contributed by atoms with E-state index in [1.54, 1.807) is 11.3 Å². The minimum absolute atomic E-state index is 0.155. The van der Waals surface area contributed by atoms with E-state index in [9.17, 15) is 4.79 Å². The summed E-state index contributed by atoms with van der Waals surface area (Å²) in [5.74, 6) is 0.833. The number of aryl methyl sites for hydroxylation is 2. The number of thiazole rings is 1. The van der Waals surface area contributed by atoms with E-state index in [4.69, 9.17) is 9.15 Å². The van der Waals surface area contributed by atoms with Gasteiger partial charge in [0.1, 0.15) is 12.0 Å². The van der Waals surface area contributed by atoms with Crippen LogP contribution in [0.25, 0.3) is 0 Å². The molecule has 0 saturated heterocycles. The monoisotopic (exact) mass is 308 g/mol. The van der Waals surface area contributed by atoms with Gasteiger partial charge in [0, 0.05) is 10.9 Å². The summed E-state index contributed by atoms with van der Waals surface area (Å²) in [7, 11) is 3.44. The van der Waals surface area contributed by atoms with Crippen molar-refractivity contribution in [1.82, 2.24) is 9.88 Å². The lowest BCUT2D eigenvalue weighted by molar-refractivity contribution is 0.225. The van der Waals surface area contributed by atoms with Gasteiger partial charge in [-0.1, -0.05) is 0 Å². The zero-order chi connectivity index (χ0) is 15.6. The summed E-state index contributed by atoms with van der Waals surface area (Å²) in [6.45, 7) is 6.73. The molecule has 2 rings (SSSR count). The summed E-state index contributed by atoms with van der Waals surface area (Å²) >= 11 is 1.70. The molecule has 0 radical (unpaired) electrons. The fraction of sp³-hybridized carbons (Fsp3) is 0.467. The first-order valence-electron chi connectivity index (χ1n) is 6.72. The topological polar surface area (TPSA) is 55.6 Å². The van der Waals surface area contributed by atoms with Gasteiger partial charge in [0.05, 0.1) is 30.4 Å². The normalized spacial score (nSPS) is 12.7. The molecule has 2 aromatic heterocycles. The lowest BCUT2D eigenvalue weighted by atomic mass is 10.2. The SMILES string of the molecule is COc1coc(CN(C)[C@@H](C)c2nc(C)sc2C)cc1=O. The van der Waals surface area contributed by atoms with Crippen LogP contribution in [0.1, 0.15) is 34.3 Å². The van der Waals surface area contributed by atoms with Crippen LogP contribution in [-0.2, 0) is 6.54 Å². The van der Waals surface area contributed by atoms with E-state index in [0.29, 0.717) is 12.3 Å². The second-order valence-electron chi connectivity index (χ2n) is 5.04. The Morgan fingerprint density at radius 1 is 1.48 bits per heavy atom. The van der Waals surface area contributed by atoms with Gasteiger partial charge >= 0.3 is 0 Å². The smallest absolute Gasteiger partial charge is 0.227 e. The molecule has 21 heavy (non-hydrogen) atoms. The Morgan fingerprint density at radius 2 is 2.19 bits per heavy atom. The van der Waals surface area contributed by atoms with Crippen LogP contribution in [0, 0.1) is 13.8 Å². The Bertz CT molecular complexity index is 678. The molecule has 5 nitrogen and oxygen atoms in total. The first-order valence-corrected chi connectivity index (χ1v) is 7.54. The maximum atomic E-state index is 11.7. The predicted molar refractivity (Wildman–Crippen MR) is 83.0 cm³/mol. The van der Waals surface area contributed by atoms with Crippen molar-refractivity contribution in [3.63, 3.8) is 0 Å². The molecule has 0 aromatic carbocycles. The van der Waals surface area contributed by atoms with Crippen LogP contribution in [0.5, 0.6) is 5.75 Å². The van der Waals surface area contributed by atoms with Crippen LogP contribution in [0.3, 0.4) is 0 Å². The number of rotatable bonds is 5. The molecule has 0 N–H and O–H groups in total. The molecule has 0 aliphatic carbocycles. The van der Waals surface area contributed by atoms with Crippen molar-refractivity contribution in [2.45, 2.75) is 33.4 Å². The minimum Gasteiger partial charge on any atom is -0.490 e.